The Labute approximate surface area is 155 Å². The molecule has 130 valence electrons. The zero-order valence-corrected chi connectivity index (χ0v) is 15.6. The first-order valence-electron chi connectivity index (χ1n) is 7.82. The summed E-state index contributed by atoms with van der Waals surface area (Å²) in [4.78, 5) is 14.5. The summed E-state index contributed by atoms with van der Waals surface area (Å²) in [5.74, 6) is -0.137. The van der Waals surface area contributed by atoms with Crippen LogP contribution in [0.4, 0.5) is 0 Å². The number of carbonyl (C=O) groups is 1. The Kier molecular flexibility index (Phi) is 5.53. The van der Waals surface area contributed by atoms with Crippen LogP contribution in [0.1, 0.15) is 22.0 Å². The smallest absolute Gasteiger partial charge is 0.254 e. The zero-order valence-electron chi connectivity index (χ0n) is 14.0. The van der Waals surface area contributed by atoms with Crippen LogP contribution in [0.3, 0.4) is 0 Å². The van der Waals surface area contributed by atoms with Gasteiger partial charge in [-0.3, -0.25) is 4.79 Å². The van der Waals surface area contributed by atoms with E-state index >= 15 is 0 Å². The molecule has 7 heteroatoms. The number of likely N-dealkylation sites (N-methyl/N-ethyl adjacent to an activating group) is 1. The average Bonchev–Trinajstić information content (AvgIpc) is 3.27. The predicted octanol–water partition coefficient (Wildman–Crippen LogP) is 3.62. The summed E-state index contributed by atoms with van der Waals surface area (Å²) in [7, 11) is 4.01. The molecule has 5 nitrogen and oxygen atoms in total. The SMILES string of the molecule is CN(C)[C@@H](CNC(=O)c1cnn(-c2ccc(Cl)cc2)c1)c1ccsc1. The van der Waals surface area contributed by atoms with E-state index in [0.29, 0.717) is 17.1 Å². The second kappa shape index (κ2) is 7.82. The van der Waals surface area contributed by atoms with E-state index in [4.69, 9.17) is 11.6 Å². The van der Waals surface area contributed by atoms with Gasteiger partial charge in [-0.2, -0.15) is 16.4 Å². The fourth-order valence-corrected chi connectivity index (χ4v) is 3.36. The van der Waals surface area contributed by atoms with Crippen molar-refractivity contribution in [2.24, 2.45) is 0 Å². The van der Waals surface area contributed by atoms with Crippen molar-refractivity contribution in [1.29, 1.82) is 0 Å². The highest BCUT2D eigenvalue weighted by atomic mass is 35.5. The Balaban J connectivity index is 1.66. The van der Waals surface area contributed by atoms with Crippen LogP contribution in [0, 0.1) is 0 Å². The highest BCUT2D eigenvalue weighted by molar-refractivity contribution is 7.07. The summed E-state index contributed by atoms with van der Waals surface area (Å²) in [6.45, 7) is 0.536. The fraction of sp³-hybridized carbons (Fsp3) is 0.222. The molecule has 0 spiro atoms. The predicted molar refractivity (Wildman–Crippen MR) is 102 cm³/mol. The van der Waals surface area contributed by atoms with Crippen LogP contribution in [0.2, 0.25) is 5.02 Å². The van der Waals surface area contributed by atoms with Crippen molar-refractivity contribution in [3.05, 3.63) is 69.6 Å². The minimum atomic E-state index is -0.137. The van der Waals surface area contributed by atoms with Crippen molar-refractivity contribution >= 4 is 28.8 Å². The minimum absolute atomic E-state index is 0.137. The lowest BCUT2D eigenvalue weighted by molar-refractivity contribution is 0.0942. The summed E-state index contributed by atoms with van der Waals surface area (Å²) < 4.78 is 1.66. The number of halogens is 1. The monoisotopic (exact) mass is 374 g/mol. The van der Waals surface area contributed by atoms with Crippen molar-refractivity contribution in [2.75, 3.05) is 20.6 Å². The molecule has 0 aliphatic carbocycles. The van der Waals surface area contributed by atoms with Gasteiger partial charge in [0, 0.05) is 17.8 Å². The number of hydrogen-bond acceptors (Lipinski definition) is 4. The molecule has 0 unspecified atom stereocenters. The number of thiophene rings is 1. The van der Waals surface area contributed by atoms with E-state index < -0.39 is 0 Å². The van der Waals surface area contributed by atoms with E-state index in [1.807, 2.05) is 31.6 Å². The first-order chi connectivity index (χ1) is 12.0. The van der Waals surface area contributed by atoms with Gasteiger partial charge in [0.2, 0.25) is 0 Å². The lowest BCUT2D eigenvalue weighted by Gasteiger charge is -2.23. The second-order valence-electron chi connectivity index (χ2n) is 5.90. The van der Waals surface area contributed by atoms with Gasteiger partial charge >= 0.3 is 0 Å². The number of nitrogens with one attached hydrogen (secondary N) is 1. The van der Waals surface area contributed by atoms with Gasteiger partial charge in [-0.1, -0.05) is 11.6 Å². The number of benzene rings is 1. The molecule has 1 amide bonds. The van der Waals surface area contributed by atoms with Crippen LogP contribution in [-0.2, 0) is 0 Å². The summed E-state index contributed by atoms with van der Waals surface area (Å²) in [5, 5.41) is 12.1. The number of amides is 1. The third-order valence-electron chi connectivity index (χ3n) is 3.94. The maximum Gasteiger partial charge on any atom is 0.254 e. The van der Waals surface area contributed by atoms with Gasteiger partial charge in [0.1, 0.15) is 0 Å². The first kappa shape index (κ1) is 17.7. The van der Waals surface area contributed by atoms with Crippen molar-refractivity contribution < 1.29 is 4.79 Å². The summed E-state index contributed by atoms with van der Waals surface area (Å²) in [5.41, 5.74) is 2.58. The topological polar surface area (TPSA) is 50.2 Å². The van der Waals surface area contributed by atoms with Crippen LogP contribution < -0.4 is 5.32 Å². The van der Waals surface area contributed by atoms with Gasteiger partial charge in [-0.05, 0) is 60.8 Å². The number of carbonyl (C=O) groups excluding carboxylic acids is 1. The molecule has 0 saturated heterocycles. The molecule has 0 bridgehead atoms. The minimum Gasteiger partial charge on any atom is -0.350 e. The molecular formula is C18H19ClN4OS. The Morgan fingerprint density at radius 2 is 2.08 bits per heavy atom. The van der Waals surface area contributed by atoms with Crippen LogP contribution >= 0.6 is 22.9 Å². The van der Waals surface area contributed by atoms with Crippen molar-refractivity contribution in [3.8, 4) is 5.69 Å². The zero-order chi connectivity index (χ0) is 17.8. The maximum atomic E-state index is 12.4. The molecule has 3 aromatic rings. The van der Waals surface area contributed by atoms with E-state index in [2.05, 4.69) is 26.8 Å². The molecule has 2 aromatic heterocycles. The number of hydrogen-bond donors (Lipinski definition) is 1. The maximum absolute atomic E-state index is 12.4. The molecule has 0 aliphatic rings. The molecular weight excluding hydrogens is 356 g/mol. The Morgan fingerprint density at radius 1 is 1.32 bits per heavy atom. The van der Waals surface area contributed by atoms with Gasteiger partial charge in [-0.25, -0.2) is 4.68 Å². The Morgan fingerprint density at radius 3 is 2.72 bits per heavy atom. The second-order valence-corrected chi connectivity index (χ2v) is 7.11. The molecule has 0 saturated carbocycles. The molecule has 1 N–H and O–H groups in total. The quantitative estimate of drug-likeness (QED) is 0.717. The largest absolute Gasteiger partial charge is 0.350 e. The van der Waals surface area contributed by atoms with Gasteiger partial charge in [0.25, 0.3) is 5.91 Å². The van der Waals surface area contributed by atoms with Crippen LogP contribution in [0.15, 0.2) is 53.5 Å². The van der Waals surface area contributed by atoms with Gasteiger partial charge < -0.3 is 10.2 Å². The lowest BCUT2D eigenvalue weighted by atomic mass is 10.1. The molecule has 2 heterocycles. The van der Waals surface area contributed by atoms with Crippen LogP contribution in [0.5, 0.6) is 0 Å². The van der Waals surface area contributed by atoms with Gasteiger partial charge in [0.15, 0.2) is 0 Å². The fourth-order valence-electron chi connectivity index (χ4n) is 2.53. The lowest BCUT2D eigenvalue weighted by Crippen LogP contribution is -2.34. The molecule has 0 radical (unpaired) electrons. The molecule has 1 atom stereocenters. The van der Waals surface area contributed by atoms with E-state index in [1.54, 1.807) is 40.5 Å². The summed E-state index contributed by atoms with van der Waals surface area (Å²) >= 11 is 7.55. The summed E-state index contributed by atoms with van der Waals surface area (Å²) in [6.07, 6.45) is 3.28. The van der Waals surface area contributed by atoms with E-state index in [0.717, 1.165) is 5.69 Å². The highest BCUT2D eigenvalue weighted by Gasteiger charge is 2.17. The van der Waals surface area contributed by atoms with E-state index in [-0.39, 0.29) is 11.9 Å². The van der Waals surface area contributed by atoms with Crippen molar-refractivity contribution in [3.63, 3.8) is 0 Å². The number of aromatic nitrogens is 2. The van der Waals surface area contributed by atoms with Crippen LogP contribution in [0.25, 0.3) is 5.69 Å². The summed E-state index contributed by atoms with van der Waals surface area (Å²) in [6, 6.07) is 9.52. The normalized spacial score (nSPS) is 12.3. The van der Waals surface area contributed by atoms with Crippen LogP contribution in [-0.4, -0.2) is 41.2 Å². The van der Waals surface area contributed by atoms with Crippen molar-refractivity contribution in [1.82, 2.24) is 20.0 Å². The highest BCUT2D eigenvalue weighted by Crippen LogP contribution is 2.20. The van der Waals surface area contributed by atoms with Gasteiger partial charge in [0.05, 0.1) is 23.5 Å². The third kappa shape index (κ3) is 4.28. The molecule has 3 rings (SSSR count). The standard InChI is InChI=1S/C18H19ClN4OS/c1-22(2)17(13-7-8-25-12-13)10-20-18(24)14-9-21-23(11-14)16-5-3-15(19)4-6-16/h3-9,11-12,17H,10H2,1-2H3,(H,20,24)/t17-/m0/s1. The Hall–Kier alpha value is -2.15. The number of nitrogens with zero attached hydrogens (tertiary/aromatic N) is 3. The number of rotatable bonds is 6. The molecule has 1 aromatic carbocycles. The molecule has 0 fully saturated rings. The Bertz CT molecular complexity index is 827. The molecule has 0 aliphatic heterocycles. The average molecular weight is 375 g/mol. The van der Waals surface area contributed by atoms with Gasteiger partial charge in [-0.15, -0.1) is 0 Å². The van der Waals surface area contributed by atoms with E-state index in [9.17, 15) is 4.79 Å². The molecule has 25 heavy (non-hydrogen) atoms. The van der Waals surface area contributed by atoms with E-state index in [1.165, 1.54) is 5.56 Å². The van der Waals surface area contributed by atoms with Crippen molar-refractivity contribution in [2.45, 2.75) is 6.04 Å². The third-order valence-corrected chi connectivity index (χ3v) is 4.90. The first-order valence-corrected chi connectivity index (χ1v) is 9.14.